The zero-order valence-electron chi connectivity index (χ0n) is 20.0. The number of carbonyl (C=O) groups excluding carboxylic acids is 2. The van der Waals surface area contributed by atoms with Crippen LogP contribution in [0.25, 0.3) is 0 Å². The molecule has 3 rings (SSSR count). The van der Waals surface area contributed by atoms with Crippen LogP contribution in [0, 0.1) is 0 Å². The van der Waals surface area contributed by atoms with E-state index in [4.69, 9.17) is 32.7 Å². The Bertz CT molecular complexity index is 1430. The van der Waals surface area contributed by atoms with Crippen molar-refractivity contribution in [2.75, 3.05) is 23.3 Å². The van der Waals surface area contributed by atoms with Crippen LogP contribution in [0.3, 0.4) is 0 Å². The van der Waals surface area contributed by atoms with E-state index in [2.05, 4.69) is 11.9 Å². The fraction of sp³-hybridized carbons (Fsp3) is 0.154. The van der Waals surface area contributed by atoms with Crippen LogP contribution in [-0.4, -0.2) is 40.1 Å². The third-order valence-electron chi connectivity index (χ3n) is 5.15. The van der Waals surface area contributed by atoms with Crippen LogP contribution in [0.15, 0.2) is 84.3 Å². The number of carbonyl (C=O) groups is 2. The molecule has 0 aliphatic heterocycles. The Morgan fingerprint density at radius 2 is 1.81 bits per heavy atom. The van der Waals surface area contributed by atoms with Gasteiger partial charge in [0, 0.05) is 5.02 Å². The Labute approximate surface area is 225 Å². The molecule has 0 saturated heterocycles. The van der Waals surface area contributed by atoms with Gasteiger partial charge in [-0.3, -0.25) is 9.10 Å². The van der Waals surface area contributed by atoms with E-state index in [9.17, 15) is 18.0 Å². The van der Waals surface area contributed by atoms with Crippen LogP contribution in [-0.2, 0) is 19.6 Å². The molecule has 0 saturated carbocycles. The number of methoxy groups -OCH3 is 1. The zero-order chi connectivity index (χ0) is 27.2. The topological polar surface area (TPSA) is 102 Å². The van der Waals surface area contributed by atoms with Crippen molar-refractivity contribution >= 4 is 56.5 Å². The van der Waals surface area contributed by atoms with Gasteiger partial charge in [-0.1, -0.05) is 47.5 Å². The van der Waals surface area contributed by atoms with E-state index in [1.165, 1.54) is 56.5 Å². The number of anilines is 2. The molecular weight excluding hydrogens is 539 g/mol. The van der Waals surface area contributed by atoms with Crippen molar-refractivity contribution in [3.63, 3.8) is 0 Å². The lowest BCUT2D eigenvalue weighted by atomic mass is 10.2. The van der Waals surface area contributed by atoms with E-state index in [0.717, 1.165) is 4.31 Å². The average molecular weight is 563 g/mol. The summed E-state index contributed by atoms with van der Waals surface area (Å²) in [6.07, 6.45) is 0.236. The molecule has 0 unspecified atom stereocenters. The van der Waals surface area contributed by atoms with E-state index in [1.54, 1.807) is 30.3 Å². The van der Waals surface area contributed by atoms with Crippen molar-refractivity contribution in [2.45, 2.75) is 17.9 Å². The van der Waals surface area contributed by atoms with E-state index in [-0.39, 0.29) is 22.0 Å². The number of halogens is 2. The van der Waals surface area contributed by atoms with Gasteiger partial charge in [0.2, 0.25) is 0 Å². The molecule has 0 heterocycles. The molecular formula is C26H24Cl2N2O6S. The molecule has 0 aliphatic carbocycles. The smallest absolute Gasteiger partial charge is 0.338 e. The number of amides is 1. The van der Waals surface area contributed by atoms with Crippen LogP contribution in [0.4, 0.5) is 11.4 Å². The maximum absolute atomic E-state index is 13.5. The molecule has 37 heavy (non-hydrogen) atoms. The number of para-hydroxylation sites is 2. The summed E-state index contributed by atoms with van der Waals surface area (Å²) < 4.78 is 38.8. The molecule has 11 heteroatoms. The minimum absolute atomic E-state index is 0.0398. The maximum Gasteiger partial charge on any atom is 0.338 e. The van der Waals surface area contributed by atoms with Crippen LogP contribution in [0.1, 0.15) is 17.3 Å². The monoisotopic (exact) mass is 562 g/mol. The normalized spacial score (nSPS) is 11.8. The molecule has 0 spiro atoms. The van der Waals surface area contributed by atoms with Gasteiger partial charge in [0.05, 0.1) is 40.5 Å². The summed E-state index contributed by atoms with van der Waals surface area (Å²) in [6.45, 7) is 4.99. The lowest BCUT2D eigenvalue weighted by Crippen LogP contribution is -2.32. The molecule has 0 radical (unpaired) electrons. The fourth-order valence-corrected chi connectivity index (χ4v) is 5.25. The summed E-state index contributed by atoms with van der Waals surface area (Å²) >= 11 is 11.9. The second-order valence-corrected chi connectivity index (χ2v) is 10.4. The van der Waals surface area contributed by atoms with E-state index in [1.807, 2.05) is 0 Å². The summed E-state index contributed by atoms with van der Waals surface area (Å²) in [5.74, 6) is -1.16. The number of ether oxygens (including phenoxy) is 2. The lowest BCUT2D eigenvalue weighted by molar-refractivity contribution is -0.123. The molecule has 0 fully saturated rings. The van der Waals surface area contributed by atoms with Gasteiger partial charge in [-0.2, -0.15) is 0 Å². The molecule has 3 aromatic rings. The number of nitrogens with one attached hydrogen (secondary N) is 1. The van der Waals surface area contributed by atoms with Crippen LogP contribution >= 0.6 is 23.2 Å². The van der Waals surface area contributed by atoms with E-state index >= 15 is 0 Å². The first kappa shape index (κ1) is 28.0. The molecule has 1 N–H and O–H groups in total. The zero-order valence-corrected chi connectivity index (χ0v) is 22.3. The number of hydrogen-bond acceptors (Lipinski definition) is 6. The van der Waals surface area contributed by atoms with Gasteiger partial charge >= 0.3 is 5.97 Å². The van der Waals surface area contributed by atoms with Crippen molar-refractivity contribution in [1.29, 1.82) is 0 Å². The highest BCUT2D eigenvalue weighted by molar-refractivity contribution is 7.92. The maximum atomic E-state index is 13.5. The van der Waals surface area contributed by atoms with Crippen LogP contribution in [0.2, 0.25) is 10.0 Å². The van der Waals surface area contributed by atoms with Gasteiger partial charge in [0.1, 0.15) is 5.75 Å². The first-order chi connectivity index (χ1) is 17.6. The van der Waals surface area contributed by atoms with Crippen LogP contribution in [0.5, 0.6) is 5.75 Å². The van der Waals surface area contributed by atoms with Gasteiger partial charge in [0.15, 0.2) is 6.10 Å². The second kappa shape index (κ2) is 12.1. The molecule has 0 aromatic heterocycles. The number of sulfonamides is 1. The quantitative estimate of drug-likeness (QED) is 0.256. The largest absolute Gasteiger partial charge is 0.495 e. The minimum atomic E-state index is -4.13. The summed E-state index contributed by atoms with van der Waals surface area (Å²) in [6, 6.07) is 16.5. The van der Waals surface area contributed by atoms with E-state index in [0.29, 0.717) is 22.1 Å². The molecule has 3 aromatic carbocycles. The highest BCUT2D eigenvalue weighted by Gasteiger charge is 2.28. The molecule has 1 atom stereocenters. The first-order valence-electron chi connectivity index (χ1n) is 10.9. The van der Waals surface area contributed by atoms with Gasteiger partial charge in [-0.25, -0.2) is 13.2 Å². The Morgan fingerprint density at radius 3 is 2.49 bits per heavy atom. The SMILES string of the molecule is C=CCN(c1ccccc1OC)S(=O)(=O)c1cccc(C(=O)O[C@H](C)C(=O)Nc2ccc(Cl)cc2Cl)c1. The predicted octanol–water partition coefficient (Wildman–Crippen LogP) is 5.57. The van der Waals surface area contributed by atoms with Crippen molar-refractivity contribution in [1.82, 2.24) is 0 Å². The molecule has 8 nitrogen and oxygen atoms in total. The molecule has 194 valence electrons. The molecule has 0 bridgehead atoms. The fourth-order valence-electron chi connectivity index (χ4n) is 3.30. The summed E-state index contributed by atoms with van der Waals surface area (Å²) in [7, 11) is -2.69. The predicted molar refractivity (Wildman–Crippen MR) is 144 cm³/mol. The van der Waals surface area contributed by atoms with Gasteiger partial charge in [-0.05, 0) is 55.5 Å². The number of benzene rings is 3. The second-order valence-electron chi connectivity index (χ2n) is 7.69. The summed E-state index contributed by atoms with van der Waals surface area (Å²) in [4.78, 5) is 25.1. The Kier molecular flexibility index (Phi) is 9.20. The number of hydrogen-bond donors (Lipinski definition) is 1. The van der Waals surface area contributed by atoms with Crippen molar-refractivity contribution in [2.24, 2.45) is 0 Å². The molecule has 0 aliphatic rings. The van der Waals surface area contributed by atoms with Crippen molar-refractivity contribution < 1.29 is 27.5 Å². The average Bonchev–Trinajstić information content (AvgIpc) is 2.88. The number of nitrogens with zero attached hydrogens (tertiary/aromatic N) is 1. The summed E-state index contributed by atoms with van der Waals surface area (Å²) in [5, 5.41) is 3.17. The summed E-state index contributed by atoms with van der Waals surface area (Å²) in [5.41, 5.74) is 0.554. The minimum Gasteiger partial charge on any atom is -0.495 e. The van der Waals surface area contributed by atoms with Crippen molar-refractivity contribution in [3.05, 3.63) is 95.0 Å². The Morgan fingerprint density at radius 1 is 1.08 bits per heavy atom. The van der Waals surface area contributed by atoms with Crippen LogP contribution < -0.4 is 14.4 Å². The third-order valence-corrected chi connectivity index (χ3v) is 7.47. The Hall–Kier alpha value is -3.53. The van der Waals surface area contributed by atoms with Gasteiger partial charge in [0.25, 0.3) is 15.9 Å². The molecule has 1 amide bonds. The Balaban J connectivity index is 1.82. The standard InChI is InChI=1S/C26H24Cl2N2O6S/c1-4-14-30(23-10-5-6-11-24(23)35-3)37(33,34)20-9-7-8-18(15-20)26(32)36-17(2)25(31)29-22-13-12-19(27)16-21(22)28/h4-13,15-17H,1,14H2,2-3H3,(H,29,31)/t17-/m1/s1. The first-order valence-corrected chi connectivity index (χ1v) is 13.1. The van der Waals surface area contributed by atoms with Gasteiger partial charge in [-0.15, -0.1) is 6.58 Å². The number of rotatable bonds is 10. The highest BCUT2D eigenvalue weighted by atomic mass is 35.5. The van der Waals surface area contributed by atoms with E-state index < -0.39 is 28.0 Å². The van der Waals surface area contributed by atoms with Crippen molar-refractivity contribution in [3.8, 4) is 5.75 Å². The third kappa shape index (κ3) is 6.62. The lowest BCUT2D eigenvalue weighted by Gasteiger charge is -2.25. The number of esters is 1. The highest BCUT2D eigenvalue weighted by Crippen LogP contribution is 2.32. The van der Waals surface area contributed by atoms with Gasteiger partial charge < -0.3 is 14.8 Å².